The summed E-state index contributed by atoms with van der Waals surface area (Å²) in [6, 6.07) is 3.17. The van der Waals surface area contributed by atoms with Gasteiger partial charge in [0.1, 0.15) is 4.60 Å². The van der Waals surface area contributed by atoms with Crippen molar-refractivity contribution in [3.63, 3.8) is 0 Å². The van der Waals surface area contributed by atoms with E-state index < -0.39 is 21.2 Å². The summed E-state index contributed by atoms with van der Waals surface area (Å²) in [7, 11) is -2.70. The average molecular weight is 337 g/mol. The van der Waals surface area contributed by atoms with Crippen molar-refractivity contribution in [1.82, 2.24) is 4.98 Å². The molecule has 1 N–H and O–H groups in total. The van der Waals surface area contributed by atoms with E-state index in [9.17, 15) is 13.2 Å². The lowest BCUT2D eigenvalue weighted by molar-refractivity contribution is -0.139. The number of sulfonamides is 1. The number of pyridine rings is 1. The monoisotopic (exact) mass is 336 g/mol. The predicted octanol–water partition coefficient (Wildman–Crippen LogP) is 1.46. The van der Waals surface area contributed by atoms with Crippen LogP contribution in [0.2, 0.25) is 0 Å². The van der Waals surface area contributed by atoms with Crippen molar-refractivity contribution in [3.05, 3.63) is 22.4 Å². The standard InChI is InChI=1S/C10H13BrN2O4S/c1-6-8(4-5-9(11)12-6)13-18(15,16)7(2)10(14)17-3/h4-5,7,13H,1-3H3. The first-order valence-electron chi connectivity index (χ1n) is 5.00. The van der Waals surface area contributed by atoms with Gasteiger partial charge in [-0.15, -0.1) is 0 Å². The Hall–Kier alpha value is -1.15. The molecule has 18 heavy (non-hydrogen) atoms. The third kappa shape index (κ3) is 3.42. The second-order valence-corrected chi connectivity index (χ2v) is 6.39. The first-order chi connectivity index (χ1) is 8.27. The molecule has 1 heterocycles. The highest BCUT2D eigenvalue weighted by molar-refractivity contribution is 9.10. The molecule has 1 aromatic heterocycles. The summed E-state index contributed by atoms with van der Waals surface area (Å²) in [6.07, 6.45) is 0. The number of nitrogens with one attached hydrogen (secondary N) is 1. The van der Waals surface area contributed by atoms with Crippen LogP contribution in [0.3, 0.4) is 0 Å². The maximum atomic E-state index is 11.9. The number of nitrogens with zero attached hydrogens (tertiary/aromatic N) is 1. The van der Waals surface area contributed by atoms with Gasteiger partial charge in [-0.05, 0) is 41.9 Å². The van der Waals surface area contributed by atoms with Crippen LogP contribution >= 0.6 is 15.9 Å². The van der Waals surface area contributed by atoms with Crippen LogP contribution in [0.1, 0.15) is 12.6 Å². The molecule has 6 nitrogen and oxygen atoms in total. The highest BCUT2D eigenvalue weighted by atomic mass is 79.9. The zero-order valence-electron chi connectivity index (χ0n) is 10.1. The molecule has 0 aromatic carbocycles. The van der Waals surface area contributed by atoms with Gasteiger partial charge in [0.15, 0.2) is 5.25 Å². The molecule has 0 aliphatic rings. The summed E-state index contributed by atoms with van der Waals surface area (Å²) >= 11 is 3.18. The van der Waals surface area contributed by atoms with E-state index in [0.29, 0.717) is 16.0 Å². The summed E-state index contributed by atoms with van der Waals surface area (Å²) in [4.78, 5) is 15.3. The lowest BCUT2D eigenvalue weighted by atomic mass is 10.3. The summed E-state index contributed by atoms with van der Waals surface area (Å²) in [6.45, 7) is 2.92. The maximum Gasteiger partial charge on any atom is 0.325 e. The number of aromatic nitrogens is 1. The highest BCUT2D eigenvalue weighted by Crippen LogP contribution is 2.18. The zero-order valence-corrected chi connectivity index (χ0v) is 12.5. The third-order valence-electron chi connectivity index (χ3n) is 2.30. The summed E-state index contributed by atoms with van der Waals surface area (Å²) in [5, 5.41) is -1.29. The van der Waals surface area contributed by atoms with Crippen LogP contribution < -0.4 is 4.72 Å². The Bertz CT molecular complexity index is 559. The topological polar surface area (TPSA) is 85.4 Å². The normalized spacial score (nSPS) is 12.9. The van der Waals surface area contributed by atoms with Crippen molar-refractivity contribution in [2.75, 3.05) is 11.8 Å². The SMILES string of the molecule is COC(=O)C(C)S(=O)(=O)Nc1ccc(Br)nc1C. The Morgan fingerprint density at radius 1 is 1.50 bits per heavy atom. The fourth-order valence-electron chi connectivity index (χ4n) is 1.17. The van der Waals surface area contributed by atoms with Crippen molar-refractivity contribution >= 4 is 37.6 Å². The molecule has 0 fully saturated rings. The van der Waals surface area contributed by atoms with Crippen LogP contribution in [-0.2, 0) is 19.6 Å². The molecule has 1 rings (SSSR count). The van der Waals surface area contributed by atoms with Gasteiger partial charge in [-0.2, -0.15) is 0 Å². The highest BCUT2D eigenvalue weighted by Gasteiger charge is 2.29. The Morgan fingerprint density at radius 2 is 2.11 bits per heavy atom. The molecule has 0 aliphatic carbocycles. The molecule has 100 valence electrons. The molecular formula is C10H13BrN2O4S. The Labute approximate surface area is 114 Å². The van der Waals surface area contributed by atoms with Crippen molar-refractivity contribution in [2.24, 2.45) is 0 Å². The molecule has 0 spiro atoms. The van der Waals surface area contributed by atoms with Gasteiger partial charge in [0, 0.05) is 0 Å². The van der Waals surface area contributed by atoms with Crippen LogP contribution in [0, 0.1) is 6.92 Å². The minimum atomic E-state index is -3.84. The molecule has 0 bridgehead atoms. The number of carbonyl (C=O) groups is 1. The van der Waals surface area contributed by atoms with Crippen LogP contribution in [0.5, 0.6) is 0 Å². The van der Waals surface area contributed by atoms with E-state index in [4.69, 9.17) is 0 Å². The zero-order chi connectivity index (χ0) is 13.9. The Kier molecular flexibility index (Phi) is 4.69. The summed E-state index contributed by atoms with van der Waals surface area (Å²) in [5.41, 5.74) is 0.832. The van der Waals surface area contributed by atoms with Gasteiger partial charge in [-0.1, -0.05) is 0 Å². The van der Waals surface area contributed by atoms with Crippen molar-refractivity contribution in [2.45, 2.75) is 19.1 Å². The van der Waals surface area contributed by atoms with Gasteiger partial charge in [0.2, 0.25) is 10.0 Å². The van der Waals surface area contributed by atoms with Crippen LogP contribution in [0.15, 0.2) is 16.7 Å². The van der Waals surface area contributed by atoms with Gasteiger partial charge >= 0.3 is 5.97 Å². The third-order valence-corrected chi connectivity index (χ3v) is 4.37. The maximum absolute atomic E-state index is 11.9. The number of anilines is 1. The smallest absolute Gasteiger partial charge is 0.325 e. The van der Waals surface area contributed by atoms with E-state index >= 15 is 0 Å². The summed E-state index contributed by atoms with van der Waals surface area (Å²) in [5.74, 6) is -0.815. The molecule has 1 unspecified atom stereocenters. The number of halogens is 1. The van der Waals surface area contributed by atoms with Crippen molar-refractivity contribution in [3.8, 4) is 0 Å². The number of ether oxygens (including phenoxy) is 1. The van der Waals surface area contributed by atoms with E-state index in [1.54, 1.807) is 19.1 Å². The number of rotatable bonds is 4. The number of aryl methyl sites for hydroxylation is 1. The molecule has 0 radical (unpaired) electrons. The van der Waals surface area contributed by atoms with Crippen molar-refractivity contribution in [1.29, 1.82) is 0 Å². The second-order valence-electron chi connectivity index (χ2n) is 3.58. The minimum absolute atomic E-state index is 0.328. The average Bonchev–Trinajstić information content (AvgIpc) is 2.30. The molecule has 1 atom stereocenters. The fraction of sp³-hybridized carbons (Fsp3) is 0.400. The van der Waals surface area contributed by atoms with E-state index in [-0.39, 0.29) is 0 Å². The van der Waals surface area contributed by atoms with E-state index in [2.05, 4.69) is 30.4 Å². The largest absolute Gasteiger partial charge is 0.468 e. The molecule has 0 amide bonds. The Morgan fingerprint density at radius 3 is 2.61 bits per heavy atom. The first kappa shape index (κ1) is 14.9. The fourth-order valence-corrected chi connectivity index (χ4v) is 2.62. The molecule has 1 aromatic rings. The number of carbonyl (C=O) groups excluding carboxylic acids is 1. The Balaban J connectivity index is 2.99. The van der Waals surface area contributed by atoms with E-state index in [1.165, 1.54) is 6.92 Å². The number of hydrogen-bond acceptors (Lipinski definition) is 5. The van der Waals surface area contributed by atoms with Gasteiger partial charge in [0.05, 0.1) is 18.5 Å². The molecule has 8 heteroatoms. The van der Waals surface area contributed by atoms with Gasteiger partial charge < -0.3 is 4.74 Å². The van der Waals surface area contributed by atoms with Crippen LogP contribution in [0.4, 0.5) is 5.69 Å². The number of methoxy groups -OCH3 is 1. The molecule has 0 aliphatic heterocycles. The number of hydrogen-bond donors (Lipinski definition) is 1. The minimum Gasteiger partial charge on any atom is -0.468 e. The summed E-state index contributed by atoms with van der Waals surface area (Å²) < 4.78 is 31.1. The van der Waals surface area contributed by atoms with E-state index in [0.717, 1.165) is 7.11 Å². The lowest BCUT2D eigenvalue weighted by Gasteiger charge is -2.14. The molecule has 0 saturated carbocycles. The lowest BCUT2D eigenvalue weighted by Crippen LogP contribution is -2.33. The number of esters is 1. The van der Waals surface area contributed by atoms with Crippen LogP contribution in [-0.4, -0.2) is 31.7 Å². The molecule has 0 saturated heterocycles. The van der Waals surface area contributed by atoms with Crippen LogP contribution in [0.25, 0.3) is 0 Å². The van der Waals surface area contributed by atoms with E-state index in [1.807, 2.05) is 0 Å². The van der Waals surface area contributed by atoms with Gasteiger partial charge in [0.25, 0.3) is 0 Å². The second kappa shape index (κ2) is 5.66. The first-order valence-corrected chi connectivity index (χ1v) is 7.34. The van der Waals surface area contributed by atoms with Gasteiger partial charge in [-0.3, -0.25) is 9.52 Å². The van der Waals surface area contributed by atoms with Gasteiger partial charge in [-0.25, -0.2) is 13.4 Å². The molecular weight excluding hydrogens is 324 g/mol. The predicted molar refractivity (Wildman–Crippen MR) is 70.7 cm³/mol. The van der Waals surface area contributed by atoms with Crippen molar-refractivity contribution < 1.29 is 17.9 Å². The quantitative estimate of drug-likeness (QED) is 0.664.